The zero-order valence-electron chi connectivity index (χ0n) is 9.70. The summed E-state index contributed by atoms with van der Waals surface area (Å²) in [5.74, 6) is 0.854. The molecule has 0 aliphatic heterocycles. The molecule has 0 amide bonds. The van der Waals surface area contributed by atoms with Crippen molar-refractivity contribution in [2.45, 2.75) is 19.8 Å². The highest BCUT2D eigenvalue weighted by molar-refractivity contribution is 9.10. The van der Waals surface area contributed by atoms with Crippen LogP contribution in [-0.2, 0) is 6.42 Å². The lowest BCUT2D eigenvalue weighted by atomic mass is 10.3. The lowest BCUT2D eigenvalue weighted by molar-refractivity contribution is 0.343. The number of aryl methyl sites for hydroxylation is 1. The Morgan fingerprint density at radius 1 is 1.47 bits per heavy atom. The molecule has 5 heteroatoms. The number of aromatic nitrogens is 1. The van der Waals surface area contributed by atoms with Gasteiger partial charge < -0.3 is 10.5 Å². The van der Waals surface area contributed by atoms with Crippen LogP contribution in [0.15, 0.2) is 16.6 Å². The van der Waals surface area contributed by atoms with Crippen molar-refractivity contribution in [2.75, 3.05) is 13.2 Å². The van der Waals surface area contributed by atoms with Crippen molar-refractivity contribution in [2.24, 2.45) is 5.73 Å². The molecule has 1 heterocycles. The number of fused-ring (bicyclic) bond motifs is 1. The Morgan fingerprint density at radius 3 is 3.00 bits per heavy atom. The minimum absolute atomic E-state index is 0.654. The monoisotopic (exact) mass is 314 g/mol. The summed E-state index contributed by atoms with van der Waals surface area (Å²) in [7, 11) is 0. The van der Waals surface area contributed by atoms with Crippen LogP contribution in [0.25, 0.3) is 10.2 Å². The van der Waals surface area contributed by atoms with Gasteiger partial charge in [-0.25, -0.2) is 4.98 Å². The maximum absolute atomic E-state index is 5.61. The maximum Gasteiger partial charge on any atom is 0.147 e. The van der Waals surface area contributed by atoms with Crippen LogP contribution in [-0.4, -0.2) is 18.1 Å². The Balaban J connectivity index is 2.40. The summed E-state index contributed by atoms with van der Waals surface area (Å²) in [6, 6.07) is 4.06. The van der Waals surface area contributed by atoms with Crippen LogP contribution >= 0.6 is 27.3 Å². The number of nitrogens with zero attached hydrogens (tertiary/aromatic N) is 1. The Hall–Kier alpha value is -0.650. The normalized spacial score (nSPS) is 11.0. The fourth-order valence-electron chi connectivity index (χ4n) is 1.64. The molecule has 0 bridgehead atoms. The molecule has 2 rings (SSSR count). The van der Waals surface area contributed by atoms with Crippen LogP contribution in [0.3, 0.4) is 0 Å². The minimum atomic E-state index is 0.654. The summed E-state index contributed by atoms with van der Waals surface area (Å²) in [6.45, 7) is 3.34. The first kappa shape index (κ1) is 12.8. The molecule has 2 N–H and O–H groups in total. The van der Waals surface area contributed by atoms with Gasteiger partial charge in [0, 0.05) is 10.9 Å². The summed E-state index contributed by atoms with van der Waals surface area (Å²) in [4.78, 5) is 4.63. The van der Waals surface area contributed by atoms with E-state index >= 15 is 0 Å². The van der Waals surface area contributed by atoms with Crippen LogP contribution in [0.1, 0.15) is 18.4 Å². The van der Waals surface area contributed by atoms with E-state index in [1.807, 2.05) is 13.0 Å². The zero-order chi connectivity index (χ0) is 12.3. The first-order valence-corrected chi connectivity index (χ1v) is 7.27. The topological polar surface area (TPSA) is 48.1 Å². The Morgan fingerprint density at radius 2 is 2.29 bits per heavy atom. The molecule has 17 heavy (non-hydrogen) atoms. The lowest BCUT2D eigenvalue weighted by Gasteiger charge is -2.03. The third kappa shape index (κ3) is 2.97. The summed E-state index contributed by atoms with van der Waals surface area (Å²) < 4.78 is 7.80. The van der Waals surface area contributed by atoms with Crippen LogP contribution < -0.4 is 10.5 Å². The molecular weight excluding hydrogens is 300 g/mol. The number of halogens is 1. The number of benzene rings is 1. The molecule has 92 valence electrons. The Kier molecular flexibility index (Phi) is 4.36. The average Bonchev–Trinajstić information content (AvgIpc) is 2.69. The molecular formula is C12H15BrN2OS. The van der Waals surface area contributed by atoms with Crippen molar-refractivity contribution >= 4 is 37.5 Å². The number of thiazole rings is 1. The SMILES string of the molecule is CCOc1cc(Br)cc2sc(CCCN)nc12. The standard InChI is InChI=1S/C12H15BrN2OS/c1-2-16-9-6-8(13)7-10-12(9)15-11(17-10)4-3-5-14/h6-7H,2-5,14H2,1H3. The van der Waals surface area contributed by atoms with Gasteiger partial charge >= 0.3 is 0 Å². The summed E-state index contributed by atoms with van der Waals surface area (Å²) in [5.41, 5.74) is 6.48. The van der Waals surface area contributed by atoms with Gasteiger partial charge in [-0.2, -0.15) is 0 Å². The Bertz CT molecular complexity index is 512. The molecule has 0 aliphatic rings. The van der Waals surface area contributed by atoms with Crippen molar-refractivity contribution in [3.63, 3.8) is 0 Å². The van der Waals surface area contributed by atoms with Gasteiger partial charge in [0.1, 0.15) is 11.3 Å². The fourth-order valence-corrected chi connectivity index (χ4v) is 3.29. The molecule has 0 atom stereocenters. The summed E-state index contributed by atoms with van der Waals surface area (Å²) >= 11 is 5.21. The summed E-state index contributed by atoms with van der Waals surface area (Å²) in [6.07, 6.45) is 1.92. The third-order valence-corrected chi connectivity index (χ3v) is 3.88. The smallest absolute Gasteiger partial charge is 0.147 e. The highest BCUT2D eigenvalue weighted by Crippen LogP contribution is 2.33. The number of rotatable bonds is 5. The molecule has 0 radical (unpaired) electrons. The van der Waals surface area contributed by atoms with Gasteiger partial charge in [0.2, 0.25) is 0 Å². The van der Waals surface area contributed by atoms with Crippen LogP contribution in [0.4, 0.5) is 0 Å². The van der Waals surface area contributed by atoms with Crippen molar-refractivity contribution < 1.29 is 4.74 Å². The van der Waals surface area contributed by atoms with Crippen molar-refractivity contribution in [3.8, 4) is 5.75 Å². The number of hydrogen-bond donors (Lipinski definition) is 1. The zero-order valence-corrected chi connectivity index (χ0v) is 12.1. The average molecular weight is 315 g/mol. The highest BCUT2D eigenvalue weighted by atomic mass is 79.9. The molecule has 1 aromatic carbocycles. The third-order valence-electron chi connectivity index (χ3n) is 2.36. The van der Waals surface area contributed by atoms with Gasteiger partial charge in [0.25, 0.3) is 0 Å². The second kappa shape index (κ2) is 5.80. The van der Waals surface area contributed by atoms with Gasteiger partial charge in [-0.3, -0.25) is 0 Å². The maximum atomic E-state index is 5.61. The van der Waals surface area contributed by atoms with E-state index in [0.717, 1.165) is 38.3 Å². The highest BCUT2D eigenvalue weighted by Gasteiger charge is 2.10. The number of hydrogen-bond acceptors (Lipinski definition) is 4. The lowest BCUT2D eigenvalue weighted by Crippen LogP contribution is -1.99. The second-order valence-electron chi connectivity index (χ2n) is 3.68. The molecule has 0 aliphatic carbocycles. The van der Waals surface area contributed by atoms with E-state index in [0.29, 0.717) is 13.2 Å². The fraction of sp³-hybridized carbons (Fsp3) is 0.417. The van der Waals surface area contributed by atoms with E-state index in [2.05, 4.69) is 27.0 Å². The molecule has 0 fully saturated rings. The van der Waals surface area contributed by atoms with E-state index in [9.17, 15) is 0 Å². The first-order chi connectivity index (χ1) is 8.24. The largest absolute Gasteiger partial charge is 0.492 e. The van der Waals surface area contributed by atoms with E-state index in [1.54, 1.807) is 11.3 Å². The second-order valence-corrected chi connectivity index (χ2v) is 5.71. The van der Waals surface area contributed by atoms with Crippen molar-refractivity contribution in [3.05, 3.63) is 21.6 Å². The van der Waals surface area contributed by atoms with Gasteiger partial charge in [0.05, 0.1) is 16.3 Å². The van der Waals surface area contributed by atoms with Gasteiger partial charge in [-0.15, -0.1) is 11.3 Å². The van der Waals surface area contributed by atoms with Gasteiger partial charge in [-0.05, 0) is 32.0 Å². The van der Waals surface area contributed by atoms with Crippen LogP contribution in [0, 0.1) is 0 Å². The van der Waals surface area contributed by atoms with Gasteiger partial charge in [0.15, 0.2) is 0 Å². The molecule has 0 saturated heterocycles. The predicted octanol–water partition coefficient (Wildman–Crippen LogP) is 3.35. The molecule has 3 nitrogen and oxygen atoms in total. The number of ether oxygens (including phenoxy) is 1. The van der Waals surface area contributed by atoms with Gasteiger partial charge in [-0.1, -0.05) is 15.9 Å². The van der Waals surface area contributed by atoms with Crippen molar-refractivity contribution in [1.29, 1.82) is 0 Å². The van der Waals surface area contributed by atoms with Crippen LogP contribution in [0.2, 0.25) is 0 Å². The molecule has 2 aromatic rings. The molecule has 0 spiro atoms. The predicted molar refractivity (Wildman–Crippen MR) is 75.9 cm³/mol. The van der Waals surface area contributed by atoms with E-state index in [1.165, 1.54) is 0 Å². The summed E-state index contributed by atoms with van der Waals surface area (Å²) in [5, 5.41) is 1.13. The molecule has 0 saturated carbocycles. The van der Waals surface area contributed by atoms with Crippen molar-refractivity contribution in [1.82, 2.24) is 4.98 Å². The van der Waals surface area contributed by atoms with E-state index in [-0.39, 0.29) is 0 Å². The number of nitrogens with two attached hydrogens (primary N) is 1. The van der Waals surface area contributed by atoms with E-state index < -0.39 is 0 Å². The molecule has 1 aromatic heterocycles. The first-order valence-electron chi connectivity index (χ1n) is 5.66. The quantitative estimate of drug-likeness (QED) is 0.920. The Labute approximate surface area is 113 Å². The molecule has 0 unspecified atom stereocenters. The minimum Gasteiger partial charge on any atom is -0.492 e. The van der Waals surface area contributed by atoms with Crippen LogP contribution in [0.5, 0.6) is 5.75 Å². The van der Waals surface area contributed by atoms with E-state index in [4.69, 9.17) is 10.5 Å².